The number of piperazine rings is 1. The summed E-state index contributed by atoms with van der Waals surface area (Å²) in [6.07, 6.45) is 0. The van der Waals surface area contributed by atoms with Crippen LogP contribution in [0.5, 0.6) is 0 Å². The number of nitrogens with zero attached hydrogens (tertiary/aromatic N) is 1. The van der Waals surface area contributed by atoms with Gasteiger partial charge in [-0.15, -0.1) is 0 Å². The second-order valence-corrected chi connectivity index (χ2v) is 7.95. The number of quaternary nitrogens is 1. The number of amides is 2. The molecule has 1 heterocycles. The molecule has 0 bridgehead atoms. The largest absolute Gasteiger partial charge is 0.341 e. The lowest BCUT2D eigenvalue weighted by Crippen LogP contribution is -3.13. The van der Waals surface area contributed by atoms with Gasteiger partial charge in [0, 0.05) is 11.1 Å². The van der Waals surface area contributed by atoms with E-state index in [0.29, 0.717) is 18.7 Å². The smallest absolute Gasteiger partial charge is 0.251 e. The Balaban J connectivity index is 1.31. The van der Waals surface area contributed by atoms with Gasteiger partial charge in [-0.05, 0) is 29.8 Å². The summed E-state index contributed by atoms with van der Waals surface area (Å²) in [6.45, 7) is 5.97. The summed E-state index contributed by atoms with van der Waals surface area (Å²) in [4.78, 5) is 28.5. The monoisotopic (exact) mass is 402 g/mol. The number of nitrogens with one attached hydrogen (secondary N) is 2. The Hall–Kier alpha value is -3.18. The van der Waals surface area contributed by atoms with Crippen molar-refractivity contribution in [1.82, 2.24) is 10.2 Å². The first-order valence-electron chi connectivity index (χ1n) is 10.6. The molecule has 1 aliphatic heterocycles. The molecule has 1 aliphatic rings. The molecule has 2 N–H and O–H groups in total. The van der Waals surface area contributed by atoms with Crippen LogP contribution in [-0.4, -0.2) is 48.9 Å². The minimum absolute atomic E-state index is 0.0107. The van der Waals surface area contributed by atoms with Gasteiger partial charge < -0.3 is 15.1 Å². The SMILES string of the molecule is C[C@H](NC(=O)c1ccccc1)C(=O)N1CC[NH+](Cc2cccc3ccccc23)CC1. The van der Waals surface area contributed by atoms with Gasteiger partial charge in [0.05, 0.1) is 26.2 Å². The highest BCUT2D eigenvalue weighted by Crippen LogP contribution is 2.17. The molecule has 0 spiro atoms. The lowest BCUT2D eigenvalue weighted by atomic mass is 10.0. The molecule has 2 amide bonds. The Bertz CT molecular complexity index is 1020. The van der Waals surface area contributed by atoms with Gasteiger partial charge in [0.1, 0.15) is 12.6 Å². The third kappa shape index (κ3) is 4.52. The van der Waals surface area contributed by atoms with Crippen molar-refractivity contribution in [3.05, 3.63) is 83.9 Å². The van der Waals surface area contributed by atoms with Crippen LogP contribution in [0.1, 0.15) is 22.8 Å². The Morgan fingerprint density at radius 1 is 0.933 bits per heavy atom. The van der Waals surface area contributed by atoms with E-state index in [1.165, 1.54) is 21.2 Å². The summed E-state index contributed by atoms with van der Waals surface area (Å²) in [6, 6.07) is 23.4. The third-order valence-electron chi connectivity index (χ3n) is 5.86. The van der Waals surface area contributed by atoms with E-state index in [9.17, 15) is 9.59 Å². The number of fused-ring (bicyclic) bond motifs is 1. The Kier molecular flexibility index (Phi) is 6.10. The van der Waals surface area contributed by atoms with Crippen LogP contribution in [0, 0.1) is 0 Å². The fourth-order valence-electron chi connectivity index (χ4n) is 4.14. The van der Waals surface area contributed by atoms with Crippen molar-refractivity contribution in [2.45, 2.75) is 19.5 Å². The topological polar surface area (TPSA) is 53.9 Å². The van der Waals surface area contributed by atoms with Gasteiger partial charge in [-0.1, -0.05) is 60.7 Å². The molecule has 1 atom stereocenters. The van der Waals surface area contributed by atoms with E-state index < -0.39 is 6.04 Å². The summed E-state index contributed by atoms with van der Waals surface area (Å²) in [5, 5.41) is 5.41. The van der Waals surface area contributed by atoms with E-state index in [1.807, 2.05) is 23.1 Å². The van der Waals surface area contributed by atoms with Crippen molar-refractivity contribution < 1.29 is 14.5 Å². The highest BCUT2D eigenvalue weighted by atomic mass is 16.2. The Morgan fingerprint density at radius 3 is 2.37 bits per heavy atom. The molecule has 30 heavy (non-hydrogen) atoms. The normalized spacial score (nSPS) is 15.7. The molecule has 3 aromatic rings. The molecule has 0 saturated carbocycles. The number of hydrogen-bond donors (Lipinski definition) is 2. The van der Waals surface area contributed by atoms with E-state index in [0.717, 1.165) is 19.6 Å². The standard InChI is InChI=1S/C25H27N3O2/c1-19(26-24(29)21-9-3-2-4-10-21)25(30)28-16-14-27(15-17-28)18-22-12-7-11-20-8-5-6-13-23(20)22/h2-13,19H,14-18H2,1H3,(H,26,29)/p+1/t19-/m0/s1. The molecule has 154 valence electrons. The fourth-order valence-corrected chi connectivity index (χ4v) is 4.14. The molecule has 0 aliphatic carbocycles. The minimum atomic E-state index is -0.530. The molecular weight excluding hydrogens is 374 g/mol. The first-order chi connectivity index (χ1) is 14.6. The number of carbonyl (C=O) groups is 2. The maximum atomic E-state index is 12.8. The molecular formula is C25H28N3O2+. The number of rotatable bonds is 5. The summed E-state index contributed by atoms with van der Waals surface area (Å²) in [5.41, 5.74) is 1.92. The van der Waals surface area contributed by atoms with Crippen LogP contribution in [0.4, 0.5) is 0 Å². The van der Waals surface area contributed by atoms with Crippen molar-refractivity contribution in [3.8, 4) is 0 Å². The van der Waals surface area contributed by atoms with E-state index in [2.05, 4.69) is 47.8 Å². The highest BCUT2D eigenvalue weighted by Gasteiger charge is 2.28. The molecule has 0 unspecified atom stereocenters. The van der Waals surface area contributed by atoms with Crippen molar-refractivity contribution in [3.63, 3.8) is 0 Å². The Labute approximate surface area is 177 Å². The number of benzene rings is 3. The summed E-state index contributed by atoms with van der Waals surface area (Å²) in [7, 11) is 0. The van der Waals surface area contributed by atoms with Crippen molar-refractivity contribution in [2.75, 3.05) is 26.2 Å². The van der Waals surface area contributed by atoms with Gasteiger partial charge in [-0.25, -0.2) is 0 Å². The number of carbonyl (C=O) groups excluding carboxylic acids is 2. The van der Waals surface area contributed by atoms with Crippen LogP contribution in [0.3, 0.4) is 0 Å². The lowest BCUT2D eigenvalue weighted by molar-refractivity contribution is -0.917. The minimum Gasteiger partial charge on any atom is -0.341 e. The second-order valence-electron chi connectivity index (χ2n) is 7.95. The highest BCUT2D eigenvalue weighted by molar-refractivity contribution is 5.97. The average molecular weight is 403 g/mol. The predicted molar refractivity (Wildman–Crippen MR) is 118 cm³/mol. The Morgan fingerprint density at radius 2 is 1.60 bits per heavy atom. The van der Waals surface area contributed by atoms with Gasteiger partial charge in [-0.3, -0.25) is 9.59 Å². The molecule has 4 rings (SSSR count). The second kappa shape index (κ2) is 9.09. The van der Waals surface area contributed by atoms with E-state index in [1.54, 1.807) is 19.1 Å². The van der Waals surface area contributed by atoms with Crippen LogP contribution in [-0.2, 0) is 11.3 Å². The summed E-state index contributed by atoms with van der Waals surface area (Å²) < 4.78 is 0. The van der Waals surface area contributed by atoms with E-state index >= 15 is 0 Å². The van der Waals surface area contributed by atoms with E-state index in [-0.39, 0.29) is 11.8 Å². The van der Waals surface area contributed by atoms with Gasteiger partial charge in [0.2, 0.25) is 5.91 Å². The first kappa shape index (κ1) is 20.1. The third-order valence-corrected chi connectivity index (χ3v) is 5.86. The van der Waals surface area contributed by atoms with Gasteiger partial charge in [0.25, 0.3) is 5.91 Å². The first-order valence-corrected chi connectivity index (χ1v) is 10.6. The predicted octanol–water partition coefficient (Wildman–Crippen LogP) is 1.89. The zero-order valence-corrected chi connectivity index (χ0v) is 17.3. The van der Waals surface area contributed by atoms with Crippen LogP contribution < -0.4 is 10.2 Å². The van der Waals surface area contributed by atoms with Gasteiger partial charge >= 0.3 is 0 Å². The molecule has 5 heteroatoms. The zero-order chi connectivity index (χ0) is 20.9. The molecule has 0 radical (unpaired) electrons. The molecule has 0 aromatic heterocycles. The summed E-state index contributed by atoms with van der Waals surface area (Å²) in [5.74, 6) is -0.222. The van der Waals surface area contributed by atoms with Crippen LogP contribution in [0.25, 0.3) is 10.8 Å². The van der Waals surface area contributed by atoms with E-state index in [4.69, 9.17) is 0 Å². The molecule has 5 nitrogen and oxygen atoms in total. The number of hydrogen-bond acceptors (Lipinski definition) is 2. The van der Waals surface area contributed by atoms with Crippen LogP contribution in [0.2, 0.25) is 0 Å². The van der Waals surface area contributed by atoms with Gasteiger partial charge in [-0.2, -0.15) is 0 Å². The molecule has 1 saturated heterocycles. The zero-order valence-electron chi connectivity index (χ0n) is 17.3. The molecule has 3 aromatic carbocycles. The van der Waals surface area contributed by atoms with Gasteiger partial charge in [0.15, 0.2) is 0 Å². The maximum Gasteiger partial charge on any atom is 0.251 e. The summed E-state index contributed by atoms with van der Waals surface area (Å²) >= 11 is 0. The quantitative estimate of drug-likeness (QED) is 0.685. The average Bonchev–Trinajstić information content (AvgIpc) is 2.80. The van der Waals surface area contributed by atoms with Crippen molar-refractivity contribution in [1.29, 1.82) is 0 Å². The molecule has 1 fully saturated rings. The van der Waals surface area contributed by atoms with Crippen molar-refractivity contribution >= 4 is 22.6 Å². The van der Waals surface area contributed by atoms with Crippen LogP contribution in [0.15, 0.2) is 72.8 Å². The fraction of sp³-hybridized carbons (Fsp3) is 0.280. The van der Waals surface area contributed by atoms with Crippen molar-refractivity contribution in [2.24, 2.45) is 0 Å². The van der Waals surface area contributed by atoms with Crippen LogP contribution >= 0.6 is 0 Å². The lowest BCUT2D eigenvalue weighted by Gasteiger charge is -2.34. The maximum absolute atomic E-state index is 12.8.